The van der Waals surface area contributed by atoms with Crippen LogP contribution in [0.5, 0.6) is 5.75 Å². The number of hydrogen-bond acceptors (Lipinski definition) is 5. The van der Waals surface area contributed by atoms with Crippen molar-refractivity contribution < 1.29 is 14.3 Å². The lowest BCUT2D eigenvalue weighted by Gasteiger charge is -2.07. The molecule has 0 aromatic heterocycles. The van der Waals surface area contributed by atoms with E-state index in [1.165, 1.54) is 24.2 Å². The maximum atomic E-state index is 12.4. The van der Waals surface area contributed by atoms with Gasteiger partial charge in [-0.15, -0.1) is 0 Å². The van der Waals surface area contributed by atoms with Crippen LogP contribution in [-0.4, -0.2) is 17.0 Å². The Morgan fingerprint density at radius 1 is 1.03 bits per heavy atom. The number of thioether (sulfide) groups is 1. The van der Waals surface area contributed by atoms with Gasteiger partial charge in [0.2, 0.25) is 5.91 Å². The molecule has 0 saturated carbocycles. The Balaban J connectivity index is 1.37. The van der Waals surface area contributed by atoms with Crippen LogP contribution in [0.2, 0.25) is 0 Å². The molecule has 3 aromatic rings. The minimum absolute atomic E-state index is 0.131. The van der Waals surface area contributed by atoms with Crippen LogP contribution < -0.4 is 15.4 Å². The molecule has 1 fully saturated rings. The molecule has 166 valence electrons. The number of amidine groups is 1. The second kappa shape index (κ2) is 10.2. The third-order valence-corrected chi connectivity index (χ3v) is 5.68. The molecule has 33 heavy (non-hydrogen) atoms. The van der Waals surface area contributed by atoms with Crippen LogP contribution in [0.4, 0.5) is 11.4 Å². The van der Waals surface area contributed by atoms with Crippen molar-refractivity contribution in [1.29, 1.82) is 0 Å². The lowest BCUT2D eigenvalue weighted by molar-refractivity contribution is -0.115. The van der Waals surface area contributed by atoms with Crippen LogP contribution in [0.15, 0.2) is 82.7 Å². The molecule has 0 radical (unpaired) electrons. The highest BCUT2D eigenvalue weighted by atomic mass is 32.2. The third-order valence-electron chi connectivity index (χ3n) is 4.77. The summed E-state index contributed by atoms with van der Waals surface area (Å²) in [5, 5.41) is 6.00. The van der Waals surface area contributed by atoms with Gasteiger partial charge < -0.3 is 15.4 Å². The first-order valence-corrected chi connectivity index (χ1v) is 11.2. The summed E-state index contributed by atoms with van der Waals surface area (Å²) in [5.74, 6) is 0.452. The Hall–Kier alpha value is -3.84. The Labute approximate surface area is 196 Å². The summed E-state index contributed by atoms with van der Waals surface area (Å²) < 4.78 is 5.84. The SMILES string of the molecule is CC(=O)Nc1ccc(N=C2NC(=O)C(=Cc3ccc(OCc4ccc(C)cc4)cc3)S2)cc1. The zero-order valence-corrected chi connectivity index (χ0v) is 19.1. The molecule has 1 aliphatic rings. The molecule has 0 bridgehead atoms. The van der Waals surface area contributed by atoms with Crippen molar-refractivity contribution in [2.45, 2.75) is 20.5 Å². The van der Waals surface area contributed by atoms with Gasteiger partial charge >= 0.3 is 0 Å². The number of nitrogens with one attached hydrogen (secondary N) is 2. The number of hydrogen-bond donors (Lipinski definition) is 2. The first-order chi connectivity index (χ1) is 15.9. The number of aryl methyl sites for hydroxylation is 1. The van der Waals surface area contributed by atoms with Gasteiger partial charge in [0.25, 0.3) is 5.91 Å². The van der Waals surface area contributed by atoms with E-state index in [2.05, 4.69) is 46.8 Å². The molecule has 0 unspecified atom stereocenters. The highest BCUT2D eigenvalue weighted by molar-refractivity contribution is 8.18. The first kappa shape index (κ1) is 22.4. The Kier molecular flexibility index (Phi) is 6.90. The van der Waals surface area contributed by atoms with E-state index in [-0.39, 0.29) is 11.8 Å². The van der Waals surface area contributed by atoms with Gasteiger partial charge in [0.1, 0.15) is 12.4 Å². The summed E-state index contributed by atoms with van der Waals surface area (Å²) in [6.07, 6.45) is 1.83. The summed E-state index contributed by atoms with van der Waals surface area (Å²) in [6, 6.07) is 23.0. The number of anilines is 1. The van der Waals surface area contributed by atoms with Crippen LogP contribution in [0, 0.1) is 6.92 Å². The highest BCUT2D eigenvalue weighted by Gasteiger charge is 2.23. The summed E-state index contributed by atoms with van der Waals surface area (Å²) >= 11 is 1.29. The van der Waals surface area contributed by atoms with Gasteiger partial charge in [-0.1, -0.05) is 42.0 Å². The molecule has 2 N–H and O–H groups in total. The number of benzene rings is 3. The number of carbonyl (C=O) groups excluding carboxylic acids is 2. The van der Waals surface area contributed by atoms with Gasteiger partial charge in [-0.05, 0) is 72.3 Å². The van der Waals surface area contributed by atoms with Gasteiger partial charge in [-0.3, -0.25) is 9.59 Å². The van der Waals surface area contributed by atoms with Gasteiger partial charge in [0.05, 0.1) is 10.6 Å². The van der Waals surface area contributed by atoms with Crippen molar-refractivity contribution in [3.8, 4) is 5.75 Å². The zero-order chi connectivity index (χ0) is 23.2. The van der Waals surface area contributed by atoms with E-state index in [1.807, 2.05) is 30.3 Å². The van der Waals surface area contributed by atoms with Crippen LogP contribution in [0.25, 0.3) is 6.08 Å². The molecule has 7 heteroatoms. The number of nitrogens with zero attached hydrogens (tertiary/aromatic N) is 1. The van der Waals surface area contributed by atoms with Crippen molar-refractivity contribution in [3.05, 3.63) is 94.4 Å². The van der Waals surface area contributed by atoms with E-state index >= 15 is 0 Å². The average Bonchev–Trinajstić information content (AvgIpc) is 3.14. The Morgan fingerprint density at radius 3 is 2.39 bits per heavy atom. The smallest absolute Gasteiger partial charge is 0.264 e. The maximum absolute atomic E-state index is 12.4. The van der Waals surface area contributed by atoms with Gasteiger partial charge in [-0.25, -0.2) is 4.99 Å². The second-order valence-corrected chi connectivity index (χ2v) is 8.58. The number of rotatable bonds is 6. The lowest BCUT2D eigenvalue weighted by Crippen LogP contribution is -2.19. The minimum atomic E-state index is -0.187. The predicted molar refractivity (Wildman–Crippen MR) is 134 cm³/mol. The molecule has 0 atom stereocenters. The summed E-state index contributed by atoms with van der Waals surface area (Å²) in [6.45, 7) is 4.02. The fraction of sp³-hybridized carbons (Fsp3) is 0.115. The molecule has 0 spiro atoms. The number of carbonyl (C=O) groups is 2. The van der Waals surface area contributed by atoms with Crippen LogP contribution in [-0.2, 0) is 16.2 Å². The van der Waals surface area contributed by atoms with Crippen molar-refractivity contribution >= 4 is 46.2 Å². The van der Waals surface area contributed by atoms with Crippen LogP contribution in [0.3, 0.4) is 0 Å². The molecular weight excluding hydrogens is 434 g/mol. The zero-order valence-electron chi connectivity index (χ0n) is 18.3. The number of amides is 2. The van der Waals surface area contributed by atoms with Crippen LogP contribution in [0.1, 0.15) is 23.6 Å². The van der Waals surface area contributed by atoms with E-state index < -0.39 is 0 Å². The maximum Gasteiger partial charge on any atom is 0.264 e. The molecule has 0 aliphatic carbocycles. The monoisotopic (exact) mass is 457 g/mol. The fourth-order valence-electron chi connectivity index (χ4n) is 3.08. The molecule has 1 saturated heterocycles. The van der Waals surface area contributed by atoms with E-state index in [4.69, 9.17) is 4.74 Å². The quantitative estimate of drug-likeness (QED) is 0.484. The fourth-order valence-corrected chi connectivity index (χ4v) is 3.92. The topological polar surface area (TPSA) is 79.8 Å². The predicted octanol–water partition coefficient (Wildman–Crippen LogP) is 5.42. The normalized spacial score (nSPS) is 15.5. The molecule has 2 amide bonds. The van der Waals surface area contributed by atoms with E-state index in [0.717, 1.165) is 16.9 Å². The molecular formula is C26H23N3O3S. The molecule has 3 aromatic carbocycles. The van der Waals surface area contributed by atoms with Gasteiger partial charge in [0.15, 0.2) is 5.17 Å². The second-order valence-electron chi connectivity index (χ2n) is 7.55. The molecule has 1 heterocycles. The first-order valence-electron chi connectivity index (χ1n) is 10.4. The Bertz CT molecular complexity index is 1220. The summed E-state index contributed by atoms with van der Waals surface area (Å²) in [4.78, 5) is 28.5. The number of ether oxygens (including phenoxy) is 1. The van der Waals surface area contributed by atoms with E-state index in [9.17, 15) is 9.59 Å². The lowest BCUT2D eigenvalue weighted by atomic mass is 10.1. The molecule has 4 rings (SSSR count). The molecule has 6 nitrogen and oxygen atoms in total. The van der Waals surface area contributed by atoms with Crippen molar-refractivity contribution in [2.75, 3.05) is 5.32 Å². The number of aliphatic imine (C=N–C) groups is 1. The average molecular weight is 458 g/mol. The van der Waals surface area contributed by atoms with Gasteiger partial charge in [-0.2, -0.15) is 0 Å². The largest absolute Gasteiger partial charge is 0.489 e. The summed E-state index contributed by atoms with van der Waals surface area (Å²) in [5.41, 5.74) is 4.61. The van der Waals surface area contributed by atoms with Gasteiger partial charge in [0, 0.05) is 12.6 Å². The van der Waals surface area contributed by atoms with Crippen LogP contribution >= 0.6 is 11.8 Å². The van der Waals surface area contributed by atoms with E-state index in [1.54, 1.807) is 24.3 Å². The minimum Gasteiger partial charge on any atom is -0.489 e. The Morgan fingerprint density at radius 2 is 1.73 bits per heavy atom. The van der Waals surface area contributed by atoms with Crippen molar-refractivity contribution in [2.24, 2.45) is 4.99 Å². The highest BCUT2D eigenvalue weighted by Crippen LogP contribution is 2.29. The van der Waals surface area contributed by atoms with Crippen molar-refractivity contribution in [1.82, 2.24) is 5.32 Å². The molecule has 1 aliphatic heterocycles. The standard InChI is InChI=1S/C26H23N3O3S/c1-17-3-5-20(6-4-17)16-32-23-13-7-19(8-14-23)15-24-25(31)29-26(33-24)28-22-11-9-21(10-12-22)27-18(2)30/h3-15H,16H2,1-2H3,(H,27,30)(H,28,29,31). The van der Waals surface area contributed by atoms with E-state index in [0.29, 0.717) is 28.1 Å². The summed E-state index contributed by atoms with van der Waals surface area (Å²) in [7, 11) is 0. The third kappa shape index (κ3) is 6.33. The van der Waals surface area contributed by atoms with Crippen molar-refractivity contribution in [3.63, 3.8) is 0 Å².